The van der Waals surface area contributed by atoms with Crippen molar-refractivity contribution in [3.8, 4) is 0 Å². The van der Waals surface area contributed by atoms with Crippen molar-refractivity contribution in [3.05, 3.63) is 22.3 Å². The van der Waals surface area contributed by atoms with Crippen LogP contribution in [-0.4, -0.2) is 25.1 Å². The Labute approximate surface area is 113 Å². The molecule has 0 spiro atoms. The van der Waals surface area contributed by atoms with Crippen LogP contribution >= 0.6 is 15.9 Å². The van der Waals surface area contributed by atoms with Crippen LogP contribution < -0.4 is 10.2 Å². The highest BCUT2D eigenvalue weighted by Crippen LogP contribution is 2.23. The molecule has 0 bridgehead atoms. The van der Waals surface area contributed by atoms with E-state index in [-0.39, 0.29) is 0 Å². The van der Waals surface area contributed by atoms with Gasteiger partial charge < -0.3 is 10.2 Å². The number of hydrogen-bond donors (Lipinski definition) is 1. The summed E-state index contributed by atoms with van der Waals surface area (Å²) in [5, 5.41) is 3.19. The van der Waals surface area contributed by atoms with Crippen molar-refractivity contribution in [1.29, 1.82) is 0 Å². The molecule has 0 fully saturated rings. The Morgan fingerprint density at radius 1 is 1.53 bits per heavy atom. The van der Waals surface area contributed by atoms with Gasteiger partial charge in [0.15, 0.2) is 0 Å². The van der Waals surface area contributed by atoms with Crippen LogP contribution in [0.5, 0.6) is 0 Å². The van der Waals surface area contributed by atoms with Crippen molar-refractivity contribution < 1.29 is 0 Å². The number of pyridine rings is 1. The second-order valence-corrected chi connectivity index (χ2v) is 5.33. The number of hydrogen-bond acceptors (Lipinski definition) is 3. The molecule has 96 valence electrons. The maximum absolute atomic E-state index is 4.54. The number of nitrogens with zero attached hydrogens (tertiary/aromatic N) is 2. The Balaban J connectivity index is 2.94. The van der Waals surface area contributed by atoms with Crippen LogP contribution in [-0.2, 0) is 6.54 Å². The predicted octanol–water partition coefficient (Wildman–Crippen LogP) is 3.19. The molecule has 1 aromatic heterocycles. The number of nitrogens with one attached hydrogen (secondary N) is 1. The lowest BCUT2D eigenvalue weighted by atomic mass is 10.1. The Morgan fingerprint density at radius 2 is 2.24 bits per heavy atom. The summed E-state index contributed by atoms with van der Waals surface area (Å²) in [5.41, 5.74) is 1.23. The average molecular weight is 300 g/mol. The normalized spacial score (nSPS) is 12.5. The monoisotopic (exact) mass is 299 g/mol. The molecule has 17 heavy (non-hydrogen) atoms. The maximum Gasteiger partial charge on any atom is 0.133 e. The summed E-state index contributed by atoms with van der Waals surface area (Å²) in [6, 6.07) is 2.65. The standard InChI is InChI=1S/C13H22BrN3/c1-5-6-10(2)17(4)13-11(8-15-3)7-12(14)9-16-13/h7,9-10,15H,5-6,8H2,1-4H3. The largest absolute Gasteiger partial charge is 0.357 e. The zero-order valence-electron chi connectivity index (χ0n) is 11.1. The number of rotatable bonds is 6. The third-order valence-corrected chi connectivity index (χ3v) is 3.41. The minimum atomic E-state index is 0.518. The van der Waals surface area contributed by atoms with Gasteiger partial charge in [-0.3, -0.25) is 0 Å². The Kier molecular flexibility index (Phi) is 5.92. The fraction of sp³-hybridized carbons (Fsp3) is 0.615. The van der Waals surface area contributed by atoms with Crippen molar-refractivity contribution in [2.75, 3.05) is 19.0 Å². The third-order valence-electron chi connectivity index (χ3n) is 2.98. The molecule has 1 atom stereocenters. The molecule has 1 N–H and O–H groups in total. The van der Waals surface area contributed by atoms with Gasteiger partial charge in [-0.1, -0.05) is 13.3 Å². The van der Waals surface area contributed by atoms with Crippen LogP contribution in [0, 0.1) is 0 Å². The summed E-state index contributed by atoms with van der Waals surface area (Å²) < 4.78 is 1.03. The van der Waals surface area contributed by atoms with Crippen LogP contribution in [0.4, 0.5) is 5.82 Å². The first-order chi connectivity index (χ1) is 8.10. The van der Waals surface area contributed by atoms with Gasteiger partial charge in [-0.15, -0.1) is 0 Å². The molecular formula is C13H22BrN3. The highest BCUT2D eigenvalue weighted by Gasteiger charge is 2.14. The molecule has 0 saturated heterocycles. The minimum absolute atomic E-state index is 0.518. The van der Waals surface area contributed by atoms with Gasteiger partial charge in [-0.05, 0) is 42.4 Å². The molecule has 0 aliphatic heterocycles. The Morgan fingerprint density at radius 3 is 2.82 bits per heavy atom. The molecule has 1 rings (SSSR count). The summed E-state index contributed by atoms with van der Waals surface area (Å²) in [4.78, 5) is 6.81. The van der Waals surface area contributed by atoms with E-state index in [9.17, 15) is 0 Å². The highest BCUT2D eigenvalue weighted by atomic mass is 79.9. The van der Waals surface area contributed by atoms with E-state index in [1.807, 2.05) is 13.2 Å². The zero-order chi connectivity index (χ0) is 12.8. The zero-order valence-corrected chi connectivity index (χ0v) is 12.7. The van der Waals surface area contributed by atoms with Gasteiger partial charge in [0, 0.05) is 35.9 Å². The summed E-state index contributed by atoms with van der Waals surface area (Å²) in [7, 11) is 4.08. The van der Waals surface area contributed by atoms with E-state index in [1.54, 1.807) is 0 Å². The first kappa shape index (κ1) is 14.5. The van der Waals surface area contributed by atoms with Crippen molar-refractivity contribution in [2.24, 2.45) is 0 Å². The molecule has 1 unspecified atom stereocenters. The van der Waals surface area contributed by atoms with Gasteiger partial charge in [0.05, 0.1) is 0 Å². The van der Waals surface area contributed by atoms with Crippen LogP contribution in [0.2, 0.25) is 0 Å². The van der Waals surface area contributed by atoms with Crippen LogP contribution in [0.25, 0.3) is 0 Å². The van der Waals surface area contributed by atoms with Crippen molar-refractivity contribution in [3.63, 3.8) is 0 Å². The average Bonchev–Trinajstić information content (AvgIpc) is 2.29. The summed E-state index contributed by atoms with van der Waals surface area (Å²) in [5.74, 6) is 1.07. The fourth-order valence-corrected chi connectivity index (χ4v) is 2.31. The molecule has 4 heteroatoms. The minimum Gasteiger partial charge on any atom is -0.357 e. The summed E-state index contributed by atoms with van der Waals surface area (Å²) in [6.07, 6.45) is 4.25. The fourth-order valence-electron chi connectivity index (χ4n) is 1.93. The van der Waals surface area contributed by atoms with Gasteiger partial charge in [-0.25, -0.2) is 4.98 Å². The van der Waals surface area contributed by atoms with Crippen LogP contribution in [0.15, 0.2) is 16.7 Å². The van der Waals surface area contributed by atoms with E-state index in [0.29, 0.717) is 6.04 Å². The molecule has 0 amide bonds. The number of aromatic nitrogens is 1. The second kappa shape index (κ2) is 6.97. The van der Waals surface area contributed by atoms with E-state index in [2.05, 4.69) is 58.1 Å². The summed E-state index contributed by atoms with van der Waals surface area (Å²) in [6.45, 7) is 5.30. The number of halogens is 1. The maximum atomic E-state index is 4.54. The first-order valence-electron chi connectivity index (χ1n) is 6.12. The van der Waals surface area contributed by atoms with Crippen molar-refractivity contribution in [2.45, 2.75) is 39.3 Å². The van der Waals surface area contributed by atoms with Crippen LogP contribution in [0.1, 0.15) is 32.3 Å². The molecule has 0 aromatic carbocycles. The van der Waals surface area contributed by atoms with E-state index < -0.39 is 0 Å². The van der Waals surface area contributed by atoms with Gasteiger partial charge >= 0.3 is 0 Å². The molecule has 0 aliphatic carbocycles. The van der Waals surface area contributed by atoms with Gasteiger partial charge in [0.2, 0.25) is 0 Å². The van der Waals surface area contributed by atoms with Gasteiger partial charge in [0.25, 0.3) is 0 Å². The molecule has 1 aromatic rings. The van der Waals surface area contributed by atoms with E-state index in [1.165, 1.54) is 18.4 Å². The Bertz CT molecular complexity index is 355. The van der Waals surface area contributed by atoms with Crippen LogP contribution in [0.3, 0.4) is 0 Å². The smallest absolute Gasteiger partial charge is 0.133 e. The molecule has 3 nitrogen and oxygen atoms in total. The van der Waals surface area contributed by atoms with Crippen molar-refractivity contribution in [1.82, 2.24) is 10.3 Å². The lowest BCUT2D eigenvalue weighted by Crippen LogP contribution is -2.30. The summed E-state index contributed by atoms with van der Waals surface area (Å²) >= 11 is 3.47. The second-order valence-electron chi connectivity index (χ2n) is 4.42. The third kappa shape index (κ3) is 3.96. The quantitative estimate of drug-likeness (QED) is 0.874. The lowest BCUT2D eigenvalue weighted by molar-refractivity contribution is 0.607. The molecular weight excluding hydrogens is 278 g/mol. The van der Waals surface area contributed by atoms with Crippen molar-refractivity contribution >= 4 is 21.7 Å². The van der Waals surface area contributed by atoms with E-state index >= 15 is 0 Å². The molecule has 1 heterocycles. The molecule has 0 saturated carbocycles. The first-order valence-corrected chi connectivity index (χ1v) is 6.91. The highest BCUT2D eigenvalue weighted by molar-refractivity contribution is 9.10. The predicted molar refractivity (Wildman–Crippen MR) is 77.5 cm³/mol. The lowest BCUT2D eigenvalue weighted by Gasteiger charge is -2.27. The Hall–Kier alpha value is -0.610. The SMILES string of the molecule is CCCC(C)N(C)c1ncc(Br)cc1CNC. The molecule has 0 aliphatic rings. The topological polar surface area (TPSA) is 28.2 Å². The number of anilines is 1. The van der Waals surface area contributed by atoms with E-state index in [0.717, 1.165) is 16.8 Å². The molecule has 0 radical (unpaired) electrons. The van der Waals surface area contributed by atoms with Gasteiger partial charge in [0.1, 0.15) is 5.82 Å². The van der Waals surface area contributed by atoms with E-state index in [4.69, 9.17) is 0 Å². The van der Waals surface area contributed by atoms with Gasteiger partial charge in [-0.2, -0.15) is 0 Å².